The molecule has 2 aromatic rings. The van der Waals surface area contributed by atoms with E-state index in [1.165, 1.54) is 5.56 Å². The number of aryl methyl sites for hydroxylation is 1. The van der Waals surface area contributed by atoms with Gasteiger partial charge in [-0.2, -0.15) is 0 Å². The van der Waals surface area contributed by atoms with Crippen LogP contribution in [0, 0.1) is 0 Å². The lowest BCUT2D eigenvalue weighted by molar-refractivity contribution is 0.0374. The van der Waals surface area contributed by atoms with Crippen LogP contribution in [0.5, 0.6) is 11.5 Å². The third-order valence-electron chi connectivity index (χ3n) is 4.61. The quantitative estimate of drug-likeness (QED) is 0.637. The zero-order valence-electron chi connectivity index (χ0n) is 15.2. The predicted molar refractivity (Wildman–Crippen MR) is 107 cm³/mol. The molecule has 0 spiro atoms. The zero-order valence-corrected chi connectivity index (χ0v) is 16.8. The van der Waals surface area contributed by atoms with Crippen molar-refractivity contribution in [2.75, 3.05) is 40.0 Å². The molecule has 0 aliphatic carbocycles. The summed E-state index contributed by atoms with van der Waals surface area (Å²) in [4.78, 5) is 2.47. The van der Waals surface area contributed by atoms with Crippen LogP contribution in [0.25, 0.3) is 0 Å². The molecule has 0 saturated carbocycles. The summed E-state index contributed by atoms with van der Waals surface area (Å²) < 4.78 is 18.0. The number of halogens is 1. The van der Waals surface area contributed by atoms with Crippen LogP contribution in [-0.4, -0.2) is 44.9 Å². The van der Waals surface area contributed by atoms with Crippen LogP contribution in [-0.2, 0) is 17.8 Å². The average Bonchev–Trinajstić information content (AvgIpc) is 2.69. The van der Waals surface area contributed by atoms with Gasteiger partial charge in [0.25, 0.3) is 0 Å². The fourth-order valence-corrected chi connectivity index (χ4v) is 3.76. The Kier molecular flexibility index (Phi) is 7.35. The fraction of sp³-hybridized carbons (Fsp3) is 0.429. The summed E-state index contributed by atoms with van der Waals surface area (Å²) in [6.45, 7) is 5.40. The van der Waals surface area contributed by atoms with Gasteiger partial charge in [-0.15, -0.1) is 0 Å². The minimum absolute atomic E-state index is 0.521. The van der Waals surface area contributed by atoms with Gasteiger partial charge in [-0.1, -0.05) is 36.4 Å². The summed E-state index contributed by atoms with van der Waals surface area (Å²) in [7, 11) is 1.68. The number of benzene rings is 2. The van der Waals surface area contributed by atoms with E-state index in [4.69, 9.17) is 14.2 Å². The van der Waals surface area contributed by atoms with Crippen LogP contribution in [0.2, 0.25) is 0 Å². The zero-order chi connectivity index (χ0) is 18.2. The lowest BCUT2D eigenvalue weighted by atomic mass is 10.1. The Labute approximate surface area is 164 Å². The van der Waals surface area contributed by atoms with Gasteiger partial charge >= 0.3 is 0 Å². The first-order chi connectivity index (χ1) is 12.8. The number of hydrogen-bond acceptors (Lipinski definition) is 4. The van der Waals surface area contributed by atoms with E-state index in [1.807, 2.05) is 24.3 Å². The largest absolute Gasteiger partial charge is 0.493 e. The van der Waals surface area contributed by atoms with Gasteiger partial charge in [0.05, 0.1) is 24.8 Å². The van der Waals surface area contributed by atoms with Gasteiger partial charge in [-0.25, -0.2) is 0 Å². The predicted octanol–water partition coefficient (Wildman–Crippen LogP) is 4.30. The summed E-state index contributed by atoms with van der Waals surface area (Å²) in [5.41, 5.74) is 2.39. The highest BCUT2D eigenvalue weighted by Gasteiger charge is 2.15. The average molecular weight is 420 g/mol. The summed E-state index contributed by atoms with van der Waals surface area (Å²) in [5.74, 6) is 1.53. The van der Waals surface area contributed by atoms with Crippen molar-refractivity contribution in [2.24, 2.45) is 0 Å². The molecule has 0 bridgehead atoms. The van der Waals surface area contributed by atoms with Crippen LogP contribution >= 0.6 is 15.9 Å². The van der Waals surface area contributed by atoms with Crippen LogP contribution < -0.4 is 9.47 Å². The van der Waals surface area contributed by atoms with Gasteiger partial charge in [-0.3, -0.25) is 4.90 Å². The van der Waals surface area contributed by atoms with Crippen LogP contribution in [0.3, 0.4) is 0 Å². The molecule has 1 aliphatic rings. The summed E-state index contributed by atoms with van der Waals surface area (Å²) in [5, 5.41) is 0. The Morgan fingerprint density at radius 2 is 1.85 bits per heavy atom. The minimum atomic E-state index is 0.521. The normalized spacial score (nSPS) is 15.0. The number of methoxy groups -OCH3 is 1. The molecule has 0 amide bonds. The molecular weight excluding hydrogens is 394 g/mol. The van der Waals surface area contributed by atoms with Crippen molar-refractivity contribution < 1.29 is 14.2 Å². The van der Waals surface area contributed by atoms with Gasteiger partial charge in [0.2, 0.25) is 0 Å². The standard InChI is InChI=1S/C21H26BrNO3/c1-24-19-10-9-18(8-5-11-23-12-14-25-15-13-23)20(22)21(19)26-16-17-6-3-2-4-7-17/h2-4,6-7,9-10H,5,8,11-16H2,1H3. The van der Waals surface area contributed by atoms with Crippen LogP contribution in [0.15, 0.2) is 46.9 Å². The second-order valence-corrected chi connectivity index (χ2v) is 7.19. The van der Waals surface area contributed by atoms with E-state index in [9.17, 15) is 0 Å². The van der Waals surface area contributed by atoms with Gasteiger partial charge in [0.1, 0.15) is 6.61 Å². The van der Waals surface area contributed by atoms with Crippen molar-refractivity contribution >= 4 is 15.9 Å². The summed E-state index contributed by atoms with van der Waals surface area (Å²) in [6, 6.07) is 14.3. The first-order valence-corrected chi connectivity index (χ1v) is 9.89. The van der Waals surface area contributed by atoms with E-state index >= 15 is 0 Å². The highest BCUT2D eigenvalue weighted by Crippen LogP contribution is 2.38. The SMILES string of the molecule is COc1ccc(CCCN2CCOCC2)c(Br)c1OCc1ccccc1. The monoisotopic (exact) mass is 419 g/mol. The van der Waals surface area contributed by atoms with Gasteiger partial charge in [0.15, 0.2) is 11.5 Å². The molecule has 4 nitrogen and oxygen atoms in total. The van der Waals surface area contributed by atoms with Crippen molar-refractivity contribution in [3.05, 3.63) is 58.1 Å². The van der Waals surface area contributed by atoms with Crippen molar-refractivity contribution in [1.29, 1.82) is 0 Å². The van der Waals surface area contributed by atoms with E-state index in [2.05, 4.69) is 39.0 Å². The highest BCUT2D eigenvalue weighted by molar-refractivity contribution is 9.10. The molecule has 0 N–H and O–H groups in total. The fourth-order valence-electron chi connectivity index (χ4n) is 3.12. The maximum Gasteiger partial charge on any atom is 0.176 e. The molecule has 3 rings (SSSR count). The molecule has 5 heteroatoms. The van der Waals surface area contributed by atoms with Crippen LogP contribution in [0.4, 0.5) is 0 Å². The Balaban J connectivity index is 1.62. The summed E-state index contributed by atoms with van der Waals surface area (Å²) >= 11 is 3.73. The second kappa shape index (κ2) is 9.95. The highest BCUT2D eigenvalue weighted by atomic mass is 79.9. The van der Waals surface area contributed by atoms with E-state index in [1.54, 1.807) is 7.11 Å². The molecule has 1 saturated heterocycles. The van der Waals surface area contributed by atoms with Crippen molar-refractivity contribution in [3.8, 4) is 11.5 Å². The number of morpholine rings is 1. The number of rotatable bonds is 8. The van der Waals surface area contributed by atoms with Gasteiger partial charge < -0.3 is 14.2 Å². The van der Waals surface area contributed by atoms with Gasteiger partial charge in [-0.05, 0) is 52.5 Å². The molecule has 0 atom stereocenters. The Morgan fingerprint density at radius 1 is 1.08 bits per heavy atom. The third-order valence-corrected chi connectivity index (χ3v) is 5.48. The van der Waals surface area contributed by atoms with E-state index < -0.39 is 0 Å². The Morgan fingerprint density at radius 3 is 2.58 bits per heavy atom. The van der Waals surface area contributed by atoms with Crippen molar-refractivity contribution in [3.63, 3.8) is 0 Å². The lowest BCUT2D eigenvalue weighted by Gasteiger charge is -2.26. The van der Waals surface area contributed by atoms with E-state index in [0.717, 1.165) is 67.2 Å². The lowest BCUT2D eigenvalue weighted by Crippen LogP contribution is -2.36. The molecule has 26 heavy (non-hydrogen) atoms. The first-order valence-electron chi connectivity index (χ1n) is 9.10. The first kappa shape index (κ1) is 19.2. The molecule has 2 aromatic carbocycles. The Hall–Kier alpha value is -1.56. The minimum Gasteiger partial charge on any atom is -0.493 e. The van der Waals surface area contributed by atoms with E-state index in [-0.39, 0.29) is 0 Å². The van der Waals surface area contributed by atoms with Gasteiger partial charge in [0, 0.05) is 13.1 Å². The topological polar surface area (TPSA) is 30.9 Å². The number of hydrogen-bond donors (Lipinski definition) is 0. The maximum atomic E-state index is 6.08. The number of nitrogens with zero attached hydrogens (tertiary/aromatic N) is 1. The van der Waals surface area contributed by atoms with Crippen molar-refractivity contribution in [1.82, 2.24) is 4.90 Å². The third kappa shape index (κ3) is 5.22. The molecule has 0 aromatic heterocycles. The Bertz CT molecular complexity index is 687. The maximum absolute atomic E-state index is 6.08. The van der Waals surface area contributed by atoms with E-state index in [0.29, 0.717) is 6.61 Å². The molecular formula is C21H26BrNO3. The number of ether oxygens (including phenoxy) is 3. The molecule has 0 radical (unpaired) electrons. The smallest absolute Gasteiger partial charge is 0.176 e. The summed E-state index contributed by atoms with van der Waals surface area (Å²) in [6.07, 6.45) is 2.12. The molecule has 1 fully saturated rings. The van der Waals surface area contributed by atoms with Crippen LogP contribution in [0.1, 0.15) is 17.5 Å². The molecule has 140 valence electrons. The molecule has 1 aliphatic heterocycles. The molecule has 1 heterocycles. The molecule has 0 unspecified atom stereocenters. The van der Waals surface area contributed by atoms with Crippen molar-refractivity contribution in [2.45, 2.75) is 19.4 Å². The second-order valence-electron chi connectivity index (χ2n) is 6.40.